The van der Waals surface area contributed by atoms with Crippen LogP contribution in [0.3, 0.4) is 0 Å². The van der Waals surface area contributed by atoms with Crippen molar-refractivity contribution < 1.29 is 14.3 Å². The predicted molar refractivity (Wildman–Crippen MR) is 75.6 cm³/mol. The first-order valence-electron chi connectivity index (χ1n) is 6.86. The SMILES string of the molecule is COc1nccnc1O[C@@H]1CCN(C(=O)c2ncccn2)C1. The van der Waals surface area contributed by atoms with Crippen molar-refractivity contribution in [2.45, 2.75) is 12.5 Å². The fraction of sp³-hybridized carbons (Fsp3) is 0.357. The zero-order valence-electron chi connectivity index (χ0n) is 12.0. The third kappa shape index (κ3) is 2.95. The molecule has 8 heteroatoms. The highest BCUT2D eigenvalue weighted by Crippen LogP contribution is 2.24. The number of carbonyl (C=O) groups is 1. The molecule has 0 aliphatic carbocycles. The maximum Gasteiger partial charge on any atom is 0.291 e. The first-order chi connectivity index (χ1) is 10.8. The Kier molecular flexibility index (Phi) is 4.08. The highest BCUT2D eigenvalue weighted by atomic mass is 16.5. The largest absolute Gasteiger partial charge is 0.477 e. The molecule has 0 spiro atoms. The summed E-state index contributed by atoms with van der Waals surface area (Å²) in [6.45, 7) is 1.04. The van der Waals surface area contributed by atoms with Crippen LogP contribution in [-0.2, 0) is 0 Å². The van der Waals surface area contributed by atoms with Gasteiger partial charge in [-0.2, -0.15) is 0 Å². The van der Waals surface area contributed by atoms with Crippen molar-refractivity contribution in [2.75, 3.05) is 20.2 Å². The summed E-state index contributed by atoms with van der Waals surface area (Å²) in [4.78, 5) is 30.0. The fourth-order valence-corrected chi connectivity index (χ4v) is 2.25. The van der Waals surface area contributed by atoms with Gasteiger partial charge in [-0.3, -0.25) is 4.79 Å². The van der Waals surface area contributed by atoms with Gasteiger partial charge in [0, 0.05) is 37.8 Å². The first-order valence-corrected chi connectivity index (χ1v) is 6.86. The number of nitrogens with zero attached hydrogens (tertiary/aromatic N) is 5. The van der Waals surface area contributed by atoms with E-state index in [1.165, 1.54) is 19.5 Å². The molecule has 22 heavy (non-hydrogen) atoms. The zero-order chi connectivity index (χ0) is 15.4. The van der Waals surface area contributed by atoms with Crippen LogP contribution in [0.1, 0.15) is 17.0 Å². The summed E-state index contributed by atoms with van der Waals surface area (Å²) in [6.07, 6.45) is 6.72. The molecule has 2 aromatic heterocycles. The van der Waals surface area contributed by atoms with E-state index < -0.39 is 0 Å². The molecular formula is C14H15N5O3. The van der Waals surface area contributed by atoms with E-state index in [9.17, 15) is 4.79 Å². The van der Waals surface area contributed by atoms with Crippen molar-refractivity contribution in [3.8, 4) is 11.8 Å². The quantitative estimate of drug-likeness (QED) is 0.815. The topological polar surface area (TPSA) is 90.3 Å². The van der Waals surface area contributed by atoms with Gasteiger partial charge in [0.05, 0.1) is 13.7 Å². The van der Waals surface area contributed by atoms with E-state index in [4.69, 9.17) is 9.47 Å². The van der Waals surface area contributed by atoms with Crippen molar-refractivity contribution in [1.29, 1.82) is 0 Å². The molecule has 0 N–H and O–H groups in total. The van der Waals surface area contributed by atoms with Crippen molar-refractivity contribution in [3.05, 3.63) is 36.7 Å². The van der Waals surface area contributed by atoms with E-state index in [1.807, 2.05) is 0 Å². The summed E-state index contributed by atoms with van der Waals surface area (Å²) in [6, 6.07) is 1.67. The molecule has 1 fully saturated rings. The lowest BCUT2D eigenvalue weighted by Gasteiger charge is -2.16. The molecule has 0 radical (unpaired) electrons. The Bertz CT molecular complexity index is 652. The standard InChI is InChI=1S/C14H15N5O3/c1-21-12-13(18-7-6-17-12)22-10-3-8-19(9-10)14(20)11-15-4-2-5-16-11/h2,4-7,10H,3,8-9H2,1H3/t10-/m1/s1. The molecule has 2 aromatic rings. The summed E-state index contributed by atoms with van der Waals surface area (Å²) in [7, 11) is 1.51. The van der Waals surface area contributed by atoms with E-state index in [2.05, 4.69) is 19.9 Å². The summed E-state index contributed by atoms with van der Waals surface area (Å²) >= 11 is 0. The van der Waals surface area contributed by atoms with Crippen LogP contribution in [0.25, 0.3) is 0 Å². The third-order valence-corrected chi connectivity index (χ3v) is 3.29. The van der Waals surface area contributed by atoms with Crippen molar-refractivity contribution in [2.24, 2.45) is 0 Å². The van der Waals surface area contributed by atoms with E-state index in [1.54, 1.807) is 23.4 Å². The number of ether oxygens (including phenoxy) is 2. The Morgan fingerprint density at radius 1 is 1.14 bits per heavy atom. The molecule has 1 aliphatic rings. The molecule has 3 rings (SSSR count). The Hall–Kier alpha value is -2.77. The normalized spacial score (nSPS) is 17.3. The predicted octanol–water partition coefficient (Wildman–Crippen LogP) is 0.569. The number of likely N-dealkylation sites (tertiary alicyclic amines) is 1. The minimum atomic E-state index is -0.196. The molecule has 0 unspecified atom stereocenters. The number of hydrogen-bond acceptors (Lipinski definition) is 7. The van der Waals surface area contributed by atoms with Crippen molar-refractivity contribution in [1.82, 2.24) is 24.8 Å². The molecule has 8 nitrogen and oxygen atoms in total. The number of rotatable bonds is 4. The molecule has 114 valence electrons. The van der Waals surface area contributed by atoms with Gasteiger partial charge in [0.15, 0.2) is 0 Å². The Balaban J connectivity index is 1.64. The van der Waals surface area contributed by atoms with E-state index >= 15 is 0 Å². The van der Waals surface area contributed by atoms with Gasteiger partial charge in [0.1, 0.15) is 6.10 Å². The molecule has 0 bridgehead atoms. The van der Waals surface area contributed by atoms with Gasteiger partial charge in [0.25, 0.3) is 17.7 Å². The van der Waals surface area contributed by atoms with Crippen LogP contribution in [-0.4, -0.2) is 57.0 Å². The second kappa shape index (κ2) is 6.33. The van der Waals surface area contributed by atoms with Gasteiger partial charge in [-0.05, 0) is 6.07 Å². The molecule has 1 amide bonds. The van der Waals surface area contributed by atoms with Gasteiger partial charge < -0.3 is 14.4 Å². The first kappa shape index (κ1) is 14.2. The highest BCUT2D eigenvalue weighted by molar-refractivity contribution is 5.90. The smallest absolute Gasteiger partial charge is 0.291 e. The maximum atomic E-state index is 12.3. The minimum absolute atomic E-state index is 0.154. The Labute approximate surface area is 127 Å². The van der Waals surface area contributed by atoms with Crippen LogP contribution >= 0.6 is 0 Å². The lowest BCUT2D eigenvalue weighted by molar-refractivity contribution is 0.0758. The Morgan fingerprint density at radius 2 is 1.86 bits per heavy atom. The van der Waals surface area contributed by atoms with Gasteiger partial charge in [-0.1, -0.05) is 0 Å². The van der Waals surface area contributed by atoms with Crippen LogP contribution in [0.4, 0.5) is 0 Å². The molecule has 0 saturated carbocycles. The fourth-order valence-electron chi connectivity index (χ4n) is 2.25. The summed E-state index contributed by atoms with van der Waals surface area (Å²) in [5.74, 6) is 0.664. The third-order valence-electron chi connectivity index (χ3n) is 3.29. The van der Waals surface area contributed by atoms with Gasteiger partial charge in [-0.25, -0.2) is 19.9 Å². The summed E-state index contributed by atoms with van der Waals surface area (Å²) in [5.41, 5.74) is 0. The summed E-state index contributed by atoms with van der Waals surface area (Å²) < 4.78 is 10.9. The molecule has 1 aliphatic heterocycles. The van der Waals surface area contributed by atoms with Gasteiger partial charge in [0.2, 0.25) is 5.82 Å². The van der Waals surface area contributed by atoms with Gasteiger partial charge in [-0.15, -0.1) is 0 Å². The van der Waals surface area contributed by atoms with E-state index in [-0.39, 0.29) is 17.8 Å². The molecule has 1 atom stereocenters. The second-order valence-corrected chi connectivity index (χ2v) is 4.72. The number of carbonyl (C=O) groups excluding carboxylic acids is 1. The second-order valence-electron chi connectivity index (χ2n) is 4.72. The molecule has 1 saturated heterocycles. The molecule has 0 aromatic carbocycles. The van der Waals surface area contributed by atoms with Crippen LogP contribution in [0.2, 0.25) is 0 Å². The minimum Gasteiger partial charge on any atom is -0.477 e. The van der Waals surface area contributed by atoms with E-state index in [0.717, 1.165) is 0 Å². The number of amides is 1. The monoisotopic (exact) mass is 301 g/mol. The molecule has 3 heterocycles. The zero-order valence-corrected chi connectivity index (χ0v) is 12.0. The number of methoxy groups -OCH3 is 1. The van der Waals surface area contributed by atoms with Crippen LogP contribution in [0.5, 0.6) is 11.8 Å². The lowest BCUT2D eigenvalue weighted by Crippen LogP contribution is -2.32. The van der Waals surface area contributed by atoms with Crippen molar-refractivity contribution in [3.63, 3.8) is 0 Å². The average molecular weight is 301 g/mol. The van der Waals surface area contributed by atoms with Crippen LogP contribution in [0, 0.1) is 0 Å². The summed E-state index contributed by atoms with van der Waals surface area (Å²) in [5, 5.41) is 0. The highest BCUT2D eigenvalue weighted by Gasteiger charge is 2.30. The number of hydrogen-bond donors (Lipinski definition) is 0. The van der Waals surface area contributed by atoms with Crippen LogP contribution in [0.15, 0.2) is 30.9 Å². The average Bonchev–Trinajstić information content (AvgIpc) is 3.04. The number of aromatic nitrogens is 4. The maximum absolute atomic E-state index is 12.3. The Morgan fingerprint density at radius 3 is 2.59 bits per heavy atom. The lowest BCUT2D eigenvalue weighted by atomic mass is 10.3. The molecular weight excluding hydrogens is 286 g/mol. The van der Waals surface area contributed by atoms with Crippen LogP contribution < -0.4 is 9.47 Å². The van der Waals surface area contributed by atoms with E-state index in [0.29, 0.717) is 31.3 Å². The van der Waals surface area contributed by atoms with Gasteiger partial charge >= 0.3 is 0 Å². The van der Waals surface area contributed by atoms with Crippen molar-refractivity contribution >= 4 is 5.91 Å².